The molecule has 2 aromatic rings. The highest BCUT2D eigenvalue weighted by Crippen LogP contribution is 2.22. The van der Waals surface area contributed by atoms with Crippen LogP contribution in [0.5, 0.6) is 0 Å². The molecule has 8 heteroatoms. The molecule has 1 amide bonds. The Hall–Kier alpha value is -2.74. The molecule has 0 atom stereocenters. The molecule has 0 saturated heterocycles. The number of fused-ring (bicyclic) bond motifs is 1. The lowest BCUT2D eigenvalue weighted by atomic mass is 10.2. The number of carbonyl (C=O) groups excluding carboxylic acids is 1. The monoisotopic (exact) mass is 333 g/mol. The molecule has 0 unspecified atom stereocenters. The van der Waals surface area contributed by atoms with Crippen molar-refractivity contribution in [3.05, 3.63) is 59.9 Å². The number of carbonyl (C=O) groups is 1. The Balaban J connectivity index is 1.77. The standard InChI is InChI=1S/C15H12FN3O3S/c16-11-6-2-3-7-12(11)18-14(20)9-17-15-10-5-1-4-8-13(10)23(21,22)19-15/h1-8H,9H2,(H,17,19)(H,18,20). The van der Waals surface area contributed by atoms with E-state index in [1.165, 1.54) is 24.3 Å². The highest BCUT2D eigenvalue weighted by molar-refractivity contribution is 7.90. The summed E-state index contributed by atoms with van der Waals surface area (Å²) in [5.41, 5.74) is 0.455. The smallest absolute Gasteiger partial charge is 0.263 e. The predicted octanol–water partition coefficient (Wildman–Crippen LogP) is 1.50. The van der Waals surface area contributed by atoms with Gasteiger partial charge in [-0.25, -0.2) is 12.8 Å². The first-order valence-corrected chi connectivity index (χ1v) is 8.17. The molecule has 0 radical (unpaired) electrons. The second-order valence-corrected chi connectivity index (χ2v) is 6.45. The van der Waals surface area contributed by atoms with E-state index in [2.05, 4.69) is 15.0 Å². The first kappa shape index (κ1) is 15.2. The van der Waals surface area contributed by atoms with Crippen LogP contribution in [-0.4, -0.2) is 26.7 Å². The largest absolute Gasteiger partial charge is 0.322 e. The van der Waals surface area contributed by atoms with Crippen LogP contribution in [0.3, 0.4) is 0 Å². The van der Waals surface area contributed by atoms with Crippen LogP contribution in [0.4, 0.5) is 10.1 Å². The van der Waals surface area contributed by atoms with Gasteiger partial charge in [-0.1, -0.05) is 24.3 Å². The summed E-state index contributed by atoms with van der Waals surface area (Å²) in [6, 6.07) is 12.1. The van der Waals surface area contributed by atoms with Crippen LogP contribution < -0.4 is 10.0 Å². The van der Waals surface area contributed by atoms with Gasteiger partial charge >= 0.3 is 0 Å². The summed E-state index contributed by atoms with van der Waals surface area (Å²) >= 11 is 0. The number of nitrogens with zero attached hydrogens (tertiary/aromatic N) is 1. The third-order valence-electron chi connectivity index (χ3n) is 3.19. The van der Waals surface area contributed by atoms with Crippen LogP contribution in [-0.2, 0) is 14.8 Å². The number of hydrogen-bond acceptors (Lipinski definition) is 4. The maximum Gasteiger partial charge on any atom is 0.263 e. The summed E-state index contributed by atoms with van der Waals surface area (Å²) in [7, 11) is -3.64. The molecule has 0 aliphatic carbocycles. The van der Waals surface area contributed by atoms with E-state index >= 15 is 0 Å². The Morgan fingerprint density at radius 3 is 2.61 bits per heavy atom. The molecule has 1 heterocycles. The van der Waals surface area contributed by atoms with Crippen LogP contribution in [0.15, 0.2) is 58.4 Å². The Morgan fingerprint density at radius 2 is 1.83 bits per heavy atom. The highest BCUT2D eigenvalue weighted by atomic mass is 32.2. The molecular weight excluding hydrogens is 321 g/mol. The van der Waals surface area contributed by atoms with E-state index < -0.39 is 21.7 Å². The lowest BCUT2D eigenvalue weighted by Crippen LogP contribution is -2.24. The van der Waals surface area contributed by atoms with Crippen LogP contribution >= 0.6 is 0 Å². The molecular formula is C15H12FN3O3S. The van der Waals surface area contributed by atoms with Crippen molar-refractivity contribution >= 4 is 27.5 Å². The molecule has 2 N–H and O–H groups in total. The first-order chi connectivity index (χ1) is 11.0. The van der Waals surface area contributed by atoms with E-state index in [4.69, 9.17) is 0 Å². The Labute approximate surface area is 132 Å². The Morgan fingerprint density at radius 1 is 1.13 bits per heavy atom. The minimum atomic E-state index is -3.64. The minimum Gasteiger partial charge on any atom is -0.322 e. The number of halogens is 1. The number of sulfonamides is 1. The van der Waals surface area contributed by atoms with Crippen LogP contribution in [0.2, 0.25) is 0 Å². The second kappa shape index (κ2) is 5.81. The molecule has 1 aliphatic rings. The predicted molar refractivity (Wildman–Crippen MR) is 83.2 cm³/mol. The molecule has 0 fully saturated rings. The number of benzene rings is 2. The molecule has 0 aromatic heterocycles. The number of amidine groups is 1. The van der Waals surface area contributed by atoms with Gasteiger partial charge in [0.1, 0.15) is 18.2 Å². The van der Waals surface area contributed by atoms with E-state index in [0.717, 1.165) is 0 Å². The average Bonchev–Trinajstić information content (AvgIpc) is 2.79. The fourth-order valence-electron chi connectivity index (χ4n) is 2.15. The van der Waals surface area contributed by atoms with Crippen molar-refractivity contribution in [2.24, 2.45) is 4.99 Å². The lowest BCUT2D eigenvalue weighted by Gasteiger charge is -2.04. The van der Waals surface area contributed by atoms with Crippen molar-refractivity contribution in [1.82, 2.24) is 4.72 Å². The summed E-state index contributed by atoms with van der Waals surface area (Å²) in [4.78, 5) is 15.9. The van der Waals surface area contributed by atoms with Gasteiger partial charge in [-0.3, -0.25) is 14.5 Å². The number of anilines is 1. The first-order valence-electron chi connectivity index (χ1n) is 6.68. The maximum absolute atomic E-state index is 13.4. The van der Waals surface area contributed by atoms with Gasteiger partial charge in [0.2, 0.25) is 5.91 Å². The third kappa shape index (κ3) is 3.07. The van der Waals surface area contributed by atoms with Crippen molar-refractivity contribution in [2.45, 2.75) is 4.90 Å². The summed E-state index contributed by atoms with van der Waals surface area (Å²) in [6.45, 7) is -0.333. The number of nitrogens with one attached hydrogen (secondary N) is 2. The van der Waals surface area contributed by atoms with Gasteiger partial charge in [0.05, 0.1) is 10.6 Å². The number of rotatable bonds is 3. The van der Waals surface area contributed by atoms with E-state index in [1.54, 1.807) is 24.3 Å². The van der Waals surface area contributed by atoms with E-state index in [9.17, 15) is 17.6 Å². The molecule has 2 aromatic carbocycles. The summed E-state index contributed by atoms with van der Waals surface area (Å²) in [5, 5.41) is 2.38. The average molecular weight is 333 g/mol. The van der Waals surface area contributed by atoms with Crippen LogP contribution in [0, 0.1) is 5.82 Å². The van der Waals surface area contributed by atoms with Crippen molar-refractivity contribution in [3.63, 3.8) is 0 Å². The fraction of sp³-hybridized carbons (Fsp3) is 0.0667. The molecule has 0 spiro atoms. The van der Waals surface area contributed by atoms with Crippen LogP contribution in [0.25, 0.3) is 0 Å². The van der Waals surface area contributed by atoms with Crippen molar-refractivity contribution in [1.29, 1.82) is 0 Å². The zero-order chi connectivity index (χ0) is 16.4. The van der Waals surface area contributed by atoms with Crippen molar-refractivity contribution in [3.8, 4) is 0 Å². The molecule has 0 bridgehead atoms. The molecule has 118 valence electrons. The lowest BCUT2D eigenvalue weighted by molar-refractivity contribution is -0.114. The molecule has 3 rings (SSSR count). The topological polar surface area (TPSA) is 87.6 Å². The quantitative estimate of drug-likeness (QED) is 0.892. The van der Waals surface area contributed by atoms with E-state index in [1.807, 2.05) is 0 Å². The fourth-order valence-corrected chi connectivity index (χ4v) is 3.41. The Bertz CT molecular complexity index is 910. The Kier molecular flexibility index (Phi) is 3.83. The summed E-state index contributed by atoms with van der Waals surface area (Å²) in [5.74, 6) is -1.00. The van der Waals surface area contributed by atoms with Gasteiger partial charge in [-0.15, -0.1) is 0 Å². The molecule has 1 aliphatic heterocycles. The van der Waals surface area contributed by atoms with E-state index in [-0.39, 0.29) is 23.0 Å². The van der Waals surface area contributed by atoms with Gasteiger partial charge in [0, 0.05) is 5.56 Å². The zero-order valence-corrected chi connectivity index (χ0v) is 12.6. The third-order valence-corrected chi connectivity index (χ3v) is 4.59. The normalized spacial score (nSPS) is 16.7. The summed E-state index contributed by atoms with van der Waals surface area (Å²) in [6.07, 6.45) is 0. The minimum absolute atomic E-state index is 0.0464. The number of amides is 1. The highest BCUT2D eigenvalue weighted by Gasteiger charge is 2.30. The second-order valence-electron chi connectivity index (χ2n) is 4.79. The van der Waals surface area contributed by atoms with Gasteiger partial charge in [-0.2, -0.15) is 0 Å². The van der Waals surface area contributed by atoms with Crippen molar-refractivity contribution in [2.75, 3.05) is 11.9 Å². The molecule has 0 saturated carbocycles. The summed E-state index contributed by atoms with van der Waals surface area (Å²) < 4.78 is 39.5. The number of para-hydroxylation sites is 1. The maximum atomic E-state index is 13.4. The zero-order valence-electron chi connectivity index (χ0n) is 11.8. The SMILES string of the molecule is O=C(CN=C1NS(=O)(=O)c2ccccc21)Nc1ccccc1F. The van der Waals surface area contributed by atoms with E-state index in [0.29, 0.717) is 5.56 Å². The van der Waals surface area contributed by atoms with Gasteiger partial charge in [0.25, 0.3) is 10.0 Å². The van der Waals surface area contributed by atoms with Gasteiger partial charge in [-0.05, 0) is 24.3 Å². The van der Waals surface area contributed by atoms with Gasteiger partial charge in [0.15, 0.2) is 0 Å². The number of aliphatic imine (C=N–C) groups is 1. The van der Waals surface area contributed by atoms with Crippen LogP contribution in [0.1, 0.15) is 5.56 Å². The molecule has 6 nitrogen and oxygen atoms in total. The van der Waals surface area contributed by atoms with Gasteiger partial charge < -0.3 is 5.32 Å². The number of hydrogen-bond donors (Lipinski definition) is 2. The van der Waals surface area contributed by atoms with Crippen molar-refractivity contribution < 1.29 is 17.6 Å². The molecule has 23 heavy (non-hydrogen) atoms.